The fraction of sp³-hybridized carbons (Fsp3) is 0.500. The molecule has 2 fully saturated rings. The Balaban J connectivity index is 1.94. The number of carbonyl (C=O) groups excluding carboxylic acids is 1. The molecule has 0 aliphatic carbocycles. The van der Waals surface area contributed by atoms with Crippen molar-refractivity contribution in [2.75, 3.05) is 0 Å². The molecule has 1 aromatic rings. The lowest BCUT2D eigenvalue weighted by molar-refractivity contribution is 0.0641. The Morgan fingerprint density at radius 1 is 1.41 bits per heavy atom. The maximum Gasteiger partial charge on any atom is 0.254 e. The third kappa shape index (κ3) is 1.63. The molecule has 3 atom stereocenters. The van der Waals surface area contributed by atoms with Crippen molar-refractivity contribution in [1.29, 1.82) is 0 Å². The minimum Gasteiger partial charge on any atom is -0.329 e. The quantitative estimate of drug-likeness (QED) is 0.728. The zero-order valence-corrected chi connectivity index (χ0v) is 11.5. The second-order valence-corrected chi connectivity index (χ2v) is 6.54. The van der Waals surface area contributed by atoms with Gasteiger partial charge in [0.05, 0.1) is 0 Å². The maximum absolute atomic E-state index is 12.6. The number of fused-ring (bicyclic) bond motifs is 2. The number of carbonyl (C=O) groups is 1. The van der Waals surface area contributed by atoms with Gasteiger partial charge in [-0.1, -0.05) is 34.1 Å². The van der Waals surface area contributed by atoms with Gasteiger partial charge in [-0.2, -0.15) is 0 Å². The molecule has 1 amide bonds. The molecule has 2 bridgehead atoms. The molecule has 0 saturated carbocycles. The molecule has 1 aromatic carbocycles. The number of rotatable bonds is 1. The van der Waals surface area contributed by atoms with Gasteiger partial charge in [0.2, 0.25) is 0 Å². The Hall–Kier alpha value is -0.830. The van der Waals surface area contributed by atoms with Crippen LogP contribution < -0.4 is 0 Å². The fourth-order valence-electron chi connectivity index (χ4n) is 3.32. The van der Waals surface area contributed by atoms with E-state index < -0.39 is 0 Å². The van der Waals surface area contributed by atoms with Crippen molar-refractivity contribution in [2.45, 2.75) is 42.6 Å². The summed E-state index contributed by atoms with van der Waals surface area (Å²) in [5.74, 6) is 0.192. The number of hydrogen-bond acceptors (Lipinski definition) is 1. The molecule has 2 nitrogen and oxygen atoms in total. The van der Waals surface area contributed by atoms with Crippen LogP contribution in [0.15, 0.2) is 30.3 Å². The van der Waals surface area contributed by atoms with Gasteiger partial charge in [-0.05, 0) is 38.3 Å². The summed E-state index contributed by atoms with van der Waals surface area (Å²) in [7, 11) is 0. The van der Waals surface area contributed by atoms with Crippen molar-refractivity contribution in [2.24, 2.45) is 0 Å². The maximum atomic E-state index is 12.6. The van der Waals surface area contributed by atoms with Crippen LogP contribution in [0.25, 0.3) is 0 Å². The molecule has 2 aliphatic heterocycles. The molecule has 0 aromatic heterocycles. The molecule has 3 rings (SSSR count). The van der Waals surface area contributed by atoms with Gasteiger partial charge >= 0.3 is 0 Å². The summed E-state index contributed by atoms with van der Waals surface area (Å²) in [5, 5.41) is 0. The van der Waals surface area contributed by atoms with E-state index in [1.165, 1.54) is 0 Å². The second-order valence-electron chi connectivity index (χ2n) is 5.36. The standard InChI is InChI=1S/C14H16BrNO/c1-14-8-7-12(11(15)9-14)16(14)13(17)10-5-3-2-4-6-10/h2-6,11-12H,7-9H2,1H3/t11-,12+,14-/m0/s1. The molecule has 2 saturated heterocycles. The molecule has 90 valence electrons. The monoisotopic (exact) mass is 293 g/mol. The highest BCUT2D eigenvalue weighted by atomic mass is 79.9. The number of nitrogens with zero attached hydrogens (tertiary/aromatic N) is 1. The summed E-state index contributed by atoms with van der Waals surface area (Å²) in [6.07, 6.45) is 3.35. The Bertz CT molecular complexity index is 447. The van der Waals surface area contributed by atoms with Crippen LogP contribution in [0.5, 0.6) is 0 Å². The lowest BCUT2D eigenvalue weighted by Gasteiger charge is -2.31. The lowest BCUT2D eigenvalue weighted by atomic mass is 9.89. The first-order valence-corrected chi connectivity index (χ1v) is 7.06. The molecule has 2 aliphatic rings. The van der Waals surface area contributed by atoms with Gasteiger partial charge in [0, 0.05) is 22.0 Å². The molecular formula is C14H16BrNO. The average molecular weight is 294 g/mol. The fourth-order valence-corrected chi connectivity index (χ4v) is 4.52. The third-order valence-electron chi connectivity index (χ3n) is 4.18. The van der Waals surface area contributed by atoms with Crippen LogP contribution in [0.3, 0.4) is 0 Å². The van der Waals surface area contributed by atoms with Crippen molar-refractivity contribution >= 4 is 21.8 Å². The molecule has 0 N–H and O–H groups in total. The minimum atomic E-state index is 0.0613. The molecule has 0 spiro atoms. The van der Waals surface area contributed by atoms with E-state index in [9.17, 15) is 4.79 Å². The molecule has 17 heavy (non-hydrogen) atoms. The van der Waals surface area contributed by atoms with E-state index in [1.807, 2.05) is 30.3 Å². The van der Waals surface area contributed by atoms with E-state index in [0.29, 0.717) is 10.9 Å². The van der Waals surface area contributed by atoms with Crippen LogP contribution in [-0.4, -0.2) is 27.2 Å². The van der Waals surface area contributed by atoms with Crippen molar-refractivity contribution < 1.29 is 4.79 Å². The Morgan fingerprint density at radius 2 is 2.12 bits per heavy atom. The van der Waals surface area contributed by atoms with Gasteiger partial charge in [-0.25, -0.2) is 0 Å². The first-order valence-electron chi connectivity index (χ1n) is 6.15. The smallest absolute Gasteiger partial charge is 0.254 e. The van der Waals surface area contributed by atoms with Crippen molar-refractivity contribution in [3.8, 4) is 0 Å². The van der Waals surface area contributed by atoms with Crippen LogP contribution in [0.2, 0.25) is 0 Å². The summed E-state index contributed by atoms with van der Waals surface area (Å²) in [4.78, 5) is 15.1. The highest BCUT2D eigenvalue weighted by Crippen LogP contribution is 2.49. The van der Waals surface area contributed by atoms with Crippen LogP contribution in [0, 0.1) is 0 Å². The Kier molecular flexibility index (Phi) is 2.54. The van der Waals surface area contributed by atoms with E-state index in [2.05, 4.69) is 27.8 Å². The van der Waals surface area contributed by atoms with Crippen molar-refractivity contribution in [3.63, 3.8) is 0 Å². The van der Waals surface area contributed by atoms with E-state index in [0.717, 1.165) is 24.8 Å². The van der Waals surface area contributed by atoms with Gasteiger partial charge in [0.25, 0.3) is 5.91 Å². The number of halogens is 1. The Morgan fingerprint density at radius 3 is 2.65 bits per heavy atom. The summed E-state index contributed by atoms with van der Waals surface area (Å²) in [6, 6.07) is 10.0. The number of amides is 1. The zero-order chi connectivity index (χ0) is 12.0. The predicted octanol–water partition coefficient (Wildman–Crippen LogP) is 3.22. The summed E-state index contributed by atoms with van der Waals surface area (Å²) in [6.45, 7) is 2.22. The van der Waals surface area contributed by atoms with E-state index in [4.69, 9.17) is 0 Å². The first kappa shape index (κ1) is 11.3. The number of benzene rings is 1. The third-order valence-corrected chi connectivity index (χ3v) is 5.12. The zero-order valence-electron chi connectivity index (χ0n) is 9.90. The first-order chi connectivity index (χ1) is 8.12. The van der Waals surface area contributed by atoms with Gasteiger partial charge in [-0.15, -0.1) is 0 Å². The van der Waals surface area contributed by atoms with E-state index >= 15 is 0 Å². The molecule has 3 heteroatoms. The molecular weight excluding hydrogens is 278 g/mol. The second kappa shape index (κ2) is 3.84. The number of hydrogen-bond donors (Lipinski definition) is 0. The molecule has 2 heterocycles. The largest absolute Gasteiger partial charge is 0.329 e. The Labute approximate surface area is 110 Å². The normalized spacial score (nSPS) is 35.3. The van der Waals surface area contributed by atoms with E-state index in [-0.39, 0.29) is 11.4 Å². The van der Waals surface area contributed by atoms with Gasteiger partial charge in [-0.3, -0.25) is 4.79 Å². The van der Waals surface area contributed by atoms with Gasteiger partial charge in [0.1, 0.15) is 0 Å². The highest BCUT2D eigenvalue weighted by molar-refractivity contribution is 9.09. The molecule has 0 unspecified atom stereocenters. The van der Waals surface area contributed by atoms with Crippen LogP contribution in [0.4, 0.5) is 0 Å². The van der Waals surface area contributed by atoms with Gasteiger partial charge in [0.15, 0.2) is 0 Å². The predicted molar refractivity (Wildman–Crippen MR) is 71.4 cm³/mol. The van der Waals surface area contributed by atoms with Crippen LogP contribution >= 0.6 is 15.9 Å². The molecule has 0 radical (unpaired) electrons. The van der Waals surface area contributed by atoms with Crippen molar-refractivity contribution in [1.82, 2.24) is 4.90 Å². The number of alkyl halides is 1. The summed E-state index contributed by atoms with van der Waals surface area (Å²) < 4.78 is 0. The minimum absolute atomic E-state index is 0.0613. The SMILES string of the molecule is C[C@]12CC[C@H]([C@@H](Br)C1)N2C(=O)c1ccccc1. The van der Waals surface area contributed by atoms with Gasteiger partial charge < -0.3 is 4.90 Å². The highest BCUT2D eigenvalue weighted by Gasteiger charge is 2.55. The average Bonchev–Trinajstić information content (AvgIpc) is 2.78. The topological polar surface area (TPSA) is 20.3 Å². The van der Waals surface area contributed by atoms with Crippen molar-refractivity contribution in [3.05, 3.63) is 35.9 Å². The van der Waals surface area contributed by atoms with E-state index in [1.54, 1.807) is 0 Å². The summed E-state index contributed by atoms with van der Waals surface area (Å²) >= 11 is 3.72. The lowest BCUT2D eigenvalue weighted by Crippen LogP contribution is -2.43. The van der Waals surface area contributed by atoms with Crippen LogP contribution in [0.1, 0.15) is 36.5 Å². The van der Waals surface area contributed by atoms with Crippen LogP contribution in [-0.2, 0) is 0 Å². The summed E-state index contributed by atoms with van der Waals surface area (Å²) in [5.41, 5.74) is 0.874.